The van der Waals surface area contributed by atoms with E-state index in [-0.39, 0.29) is 54.7 Å². The van der Waals surface area contributed by atoms with Crippen molar-refractivity contribution in [2.45, 2.75) is 166 Å². The fourth-order valence-electron chi connectivity index (χ4n) is 5.71. The molecule has 0 spiro atoms. The number of nitrogens with two attached hydrogens (primary N) is 1. The van der Waals surface area contributed by atoms with E-state index in [1.54, 1.807) is 0 Å². The summed E-state index contributed by atoms with van der Waals surface area (Å²) < 4.78 is 35.8. The largest absolute Gasteiger partial charge is 1.00 e. The third-order valence-corrected chi connectivity index (χ3v) is 11.1. The zero-order chi connectivity index (χ0) is 33.5. The molecule has 0 radical (unpaired) electrons. The molecule has 2 N–H and O–H groups in total. The summed E-state index contributed by atoms with van der Waals surface area (Å²) in [5, 5.41) is 0.449. The van der Waals surface area contributed by atoms with Gasteiger partial charge in [0.05, 0.1) is 25.4 Å². The van der Waals surface area contributed by atoms with E-state index in [1.807, 2.05) is 11.8 Å². The van der Waals surface area contributed by atoms with Crippen LogP contribution in [0.4, 0.5) is 5.82 Å². The molecule has 5 atom stereocenters. The van der Waals surface area contributed by atoms with Gasteiger partial charge in [0.2, 0.25) is 0 Å². The number of ether oxygens (including phenoxy) is 2. The Morgan fingerprint density at radius 2 is 1.57 bits per heavy atom. The van der Waals surface area contributed by atoms with Crippen molar-refractivity contribution in [2.75, 3.05) is 31.3 Å². The van der Waals surface area contributed by atoms with Crippen LogP contribution in [0.5, 0.6) is 0 Å². The fourth-order valence-corrected chi connectivity index (χ4v) is 7.84. The van der Waals surface area contributed by atoms with Crippen LogP contribution in [0.15, 0.2) is 17.1 Å². The first-order valence-electron chi connectivity index (χ1n) is 18.1. The number of phosphoric ester groups is 1. The van der Waals surface area contributed by atoms with E-state index in [0.717, 1.165) is 6.42 Å². The molecule has 1 saturated heterocycles. The Balaban J connectivity index is 0.0000110. The van der Waals surface area contributed by atoms with Crippen LogP contribution >= 0.6 is 19.6 Å². The summed E-state index contributed by atoms with van der Waals surface area (Å²) in [6.45, 7) is 6.93. The van der Waals surface area contributed by atoms with E-state index in [9.17, 15) is 14.3 Å². The number of hydrogen-bond donors (Lipinski definition) is 1. The Morgan fingerprint density at radius 1 is 0.957 bits per heavy atom. The molecule has 13 heteroatoms. The van der Waals surface area contributed by atoms with Crippen molar-refractivity contribution >= 4 is 25.4 Å². The molecule has 0 amide bonds. The van der Waals surface area contributed by atoms with E-state index in [1.165, 1.54) is 119 Å². The minimum atomic E-state index is -4.48. The average Bonchev–Trinajstić information content (AvgIpc) is 3.50. The third kappa shape index (κ3) is 21.1. The number of unbranched alkanes of at least 4 members (excludes halogenated alkanes) is 13. The maximum atomic E-state index is 12.3. The number of nitrogens with zero attached hydrogens (tertiary/aromatic N) is 2. The molecule has 1 aromatic rings. The molecule has 1 fully saturated rings. The van der Waals surface area contributed by atoms with Crippen molar-refractivity contribution in [1.29, 1.82) is 0 Å². The third-order valence-electron chi connectivity index (χ3n) is 8.53. The average molecular weight is 712 g/mol. The number of aromatic nitrogens is 2. The molecule has 47 heavy (non-hydrogen) atoms. The molecule has 1 aliphatic heterocycles. The summed E-state index contributed by atoms with van der Waals surface area (Å²) in [4.78, 5) is 28.1. The topological polar surface area (TPSA) is 138 Å². The maximum absolute atomic E-state index is 12.3. The van der Waals surface area contributed by atoms with Crippen molar-refractivity contribution in [3.63, 3.8) is 0 Å². The van der Waals surface area contributed by atoms with Crippen molar-refractivity contribution in [3.8, 4) is 0 Å². The fraction of sp³-hybridized carbons (Fsp3) is 0.882. The van der Waals surface area contributed by atoms with E-state index >= 15 is 0 Å². The number of nitrogen functional groups attached to an aromatic ring is 1. The van der Waals surface area contributed by atoms with Gasteiger partial charge in [-0.2, -0.15) is 16.7 Å². The van der Waals surface area contributed by atoms with Gasteiger partial charge >= 0.3 is 35.2 Å². The molecular weight excluding hydrogens is 648 g/mol. The van der Waals surface area contributed by atoms with Crippen molar-refractivity contribution in [1.82, 2.24) is 9.55 Å². The first-order chi connectivity index (χ1) is 22.3. The second-order valence-corrected chi connectivity index (χ2v) is 15.4. The summed E-state index contributed by atoms with van der Waals surface area (Å²) in [6, 6.07) is 1.52. The number of phosphoric acid groups is 1. The number of anilines is 1. The SMILES string of the molecule is CCCCCCCCCCCCSC(CCCCCCC)C(C)OCCCOP(=O)([O-])OC[C@@H]1CC[C@H](n2ccc(N)nc2=O)O1.[Na+]. The molecule has 2 heterocycles. The Labute approximate surface area is 311 Å². The smallest absolute Gasteiger partial charge is 0.756 e. The molecule has 1 aliphatic rings. The maximum Gasteiger partial charge on any atom is 1.00 e. The van der Waals surface area contributed by atoms with Gasteiger partial charge in [0.25, 0.3) is 7.82 Å². The zero-order valence-electron chi connectivity index (χ0n) is 29.9. The van der Waals surface area contributed by atoms with Crippen LogP contribution in [0.1, 0.15) is 149 Å². The Bertz CT molecular complexity index is 1020. The molecule has 0 aliphatic carbocycles. The van der Waals surface area contributed by atoms with E-state index in [4.69, 9.17) is 24.3 Å². The second-order valence-electron chi connectivity index (χ2n) is 12.6. The van der Waals surface area contributed by atoms with Gasteiger partial charge in [-0.1, -0.05) is 104 Å². The van der Waals surface area contributed by atoms with Crippen molar-refractivity contribution in [2.24, 2.45) is 0 Å². The van der Waals surface area contributed by atoms with E-state index < -0.39 is 25.8 Å². The van der Waals surface area contributed by atoms with Gasteiger partial charge < -0.3 is 29.1 Å². The van der Waals surface area contributed by atoms with Gasteiger partial charge in [0, 0.05) is 18.1 Å². The van der Waals surface area contributed by atoms with Crippen LogP contribution in [-0.2, 0) is 23.1 Å². The van der Waals surface area contributed by atoms with Crippen molar-refractivity contribution in [3.05, 3.63) is 22.7 Å². The quantitative estimate of drug-likeness (QED) is 0.0672. The predicted molar refractivity (Wildman–Crippen MR) is 187 cm³/mol. The summed E-state index contributed by atoms with van der Waals surface area (Å²) in [6.07, 6.45) is 23.2. The zero-order valence-corrected chi connectivity index (χ0v) is 33.6. The van der Waals surface area contributed by atoms with Gasteiger partial charge in [0.15, 0.2) is 0 Å². The summed E-state index contributed by atoms with van der Waals surface area (Å²) in [5.74, 6) is 1.31. The Kier molecular flexibility index (Phi) is 26.6. The van der Waals surface area contributed by atoms with Gasteiger partial charge in [-0.3, -0.25) is 9.13 Å². The van der Waals surface area contributed by atoms with Gasteiger partial charge in [0.1, 0.15) is 12.0 Å². The summed E-state index contributed by atoms with van der Waals surface area (Å²) in [7, 11) is -4.48. The molecular formula is C34H63N3NaO7PS. The van der Waals surface area contributed by atoms with E-state index in [0.29, 0.717) is 31.1 Å². The molecule has 0 bridgehead atoms. The normalized spacial score (nSPS) is 18.9. The van der Waals surface area contributed by atoms with Crippen LogP contribution in [0.2, 0.25) is 0 Å². The van der Waals surface area contributed by atoms with Crippen LogP contribution < -0.4 is 45.9 Å². The van der Waals surface area contributed by atoms with Crippen LogP contribution in [0.25, 0.3) is 0 Å². The molecule has 10 nitrogen and oxygen atoms in total. The molecule has 3 unspecified atom stereocenters. The first-order valence-corrected chi connectivity index (χ1v) is 20.6. The standard InChI is InChI=1S/C34H64N3O7PS.Na/c1-4-6-8-10-11-12-13-14-16-18-27-46-31(20-17-15-9-7-5-2)29(3)41-25-19-26-42-45(39,40)43-28-30-21-22-33(44-30)37-24-23-32(35)36-34(37)38;/h23-24,29-31,33H,4-22,25-28H2,1-3H3,(H,39,40)(H2,35,36,38);/q;+1/p-1/t29?,30-,31?,33+;/m0./s1. The number of hydrogen-bond acceptors (Lipinski definition) is 10. The predicted octanol–water partition coefficient (Wildman–Crippen LogP) is 5.19. The van der Waals surface area contributed by atoms with Crippen LogP contribution in [-0.4, -0.2) is 52.6 Å². The molecule has 268 valence electrons. The van der Waals surface area contributed by atoms with Crippen LogP contribution in [0.3, 0.4) is 0 Å². The minimum absolute atomic E-state index is 0. The first kappa shape index (κ1) is 45.1. The molecule has 1 aromatic heterocycles. The Hall–Kier alpha value is 0.0600. The summed E-state index contributed by atoms with van der Waals surface area (Å²) >= 11 is 2.05. The Morgan fingerprint density at radius 3 is 2.21 bits per heavy atom. The molecule has 0 saturated carbocycles. The van der Waals surface area contributed by atoms with Crippen LogP contribution in [0, 0.1) is 0 Å². The summed E-state index contributed by atoms with van der Waals surface area (Å²) in [5.41, 5.74) is 5.03. The van der Waals surface area contributed by atoms with E-state index in [2.05, 4.69) is 25.8 Å². The second kappa shape index (κ2) is 27.7. The monoisotopic (exact) mass is 711 g/mol. The van der Waals surface area contributed by atoms with Gasteiger partial charge in [-0.25, -0.2) is 4.79 Å². The number of thioether (sulfide) groups is 1. The number of rotatable bonds is 29. The molecule has 0 aromatic carbocycles. The van der Waals surface area contributed by atoms with Gasteiger partial charge in [-0.15, -0.1) is 0 Å². The van der Waals surface area contributed by atoms with Crippen molar-refractivity contribution < 1.29 is 57.5 Å². The molecule has 2 rings (SSSR count). The minimum Gasteiger partial charge on any atom is -0.756 e. The van der Waals surface area contributed by atoms with Gasteiger partial charge in [-0.05, 0) is 50.8 Å².